The number of carbonyl (C=O) groups is 1. The number of piperazine rings is 1. The first-order chi connectivity index (χ1) is 12.8. The number of nitrogens with zero attached hydrogens (tertiary/aromatic N) is 4. The predicted molar refractivity (Wildman–Crippen MR) is 95.1 cm³/mol. The van der Waals surface area contributed by atoms with E-state index in [9.17, 15) is 4.79 Å². The quantitative estimate of drug-likeness (QED) is 0.843. The molecule has 136 valence electrons. The summed E-state index contributed by atoms with van der Waals surface area (Å²) in [4.78, 5) is 25.0. The first-order valence-corrected chi connectivity index (χ1v) is 8.66. The number of hydrogen-bond donors (Lipinski definition) is 1. The van der Waals surface area contributed by atoms with E-state index in [-0.39, 0.29) is 12.7 Å². The van der Waals surface area contributed by atoms with Crippen LogP contribution in [0.15, 0.2) is 36.8 Å². The SMILES string of the molecule is O=C(CN1CCN(c2cnccn2)CC1)NCc1ccc2c(c1)OCO2. The van der Waals surface area contributed by atoms with Crippen molar-refractivity contribution in [3.05, 3.63) is 42.4 Å². The summed E-state index contributed by atoms with van der Waals surface area (Å²) in [7, 11) is 0. The van der Waals surface area contributed by atoms with E-state index in [2.05, 4.69) is 25.1 Å². The molecule has 0 atom stereocenters. The Bertz CT molecular complexity index is 763. The van der Waals surface area contributed by atoms with Crippen LogP contribution in [0.5, 0.6) is 11.5 Å². The highest BCUT2D eigenvalue weighted by molar-refractivity contribution is 5.78. The molecular formula is C18H21N5O3. The zero-order chi connectivity index (χ0) is 17.8. The first kappa shape index (κ1) is 16.6. The molecule has 2 aliphatic rings. The lowest BCUT2D eigenvalue weighted by Crippen LogP contribution is -2.49. The van der Waals surface area contributed by atoms with Gasteiger partial charge in [0.15, 0.2) is 11.5 Å². The van der Waals surface area contributed by atoms with Gasteiger partial charge in [-0.25, -0.2) is 4.98 Å². The van der Waals surface area contributed by atoms with Crippen LogP contribution >= 0.6 is 0 Å². The number of carbonyl (C=O) groups excluding carboxylic acids is 1. The molecule has 1 N–H and O–H groups in total. The molecule has 8 heteroatoms. The van der Waals surface area contributed by atoms with Crippen molar-refractivity contribution >= 4 is 11.7 Å². The van der Waals surface area contributed by atoms with Gasteiger partial charge >= 0.3 is 0 Å². The van der Waals surface area contributed by atoms with E-state index in [0.29, 0.717) is 13.1 Å². The van der Waals surface area contributed by atoms with Crippen LogP contribution in [0, 0.1) is 0 Å². The molecule has 2 aromatic rings. The fraction of sp³-hybridized carbons (Fsp3) is 0.389. The van der Waals surface area contributed by atoms with Crippen molar-refractivity contribution < 1.29 is 14.3 Å². The maximum atomic E-state index is 12.2. The molecule has 1 saturated heterocycles. The molecule has 0 aliphatic carbocycles. The van der Waals surface area contributed by atoms with Crippen molar-refractivity contribution in [1.82, 2.24) is 20.2 Å². The fourth-order valence-corrected chi connectivity index (χ4v) is 3.10. The zero-order valence-corrected chi connectivity index (χ0v) is 14.4. The Kier molecular flexibility index (Phi) is 4.83. The summed E-state index contributed by atoms with van der Waals surface area (Å²) >= 11 is 0. The third kappa shape index (κ3) is 3.85. The number of ether oxygens (including phenoxy) is 2. The Morgan fingerprint density at radius 2 is 1.96 bits per heavy atom. The highest BCUT2D eigenvalue weighted by Crippen LogP contribution is 2.32. The largest absolute Gasteiger partial charge is 0.454 e. The van der Waals surface area contributed by atoms with Gasteiger partial charge in [0, 0.05) is 45.1 Å². The Labute approximate surface area is 151 Å². The van der Waals surface area contributed by atoms with Crippen LogP contribution in [-0.2, 0) is 11.3 Å². The van der Waals surface area contributed by atoms with Gasteiger partial charge in [-0.15, -0.1) is 0 Å². The van der Waals surface area contributed by atoms with Crippen LogP contribution in [0.3, 0.4) is 0 Å². The van der Waals surface area contributed by atoms with Gasteiger partial charge in [-0.3, -0.25) is 14.7 Å². The highest BCUT2D eigenvalue weighted by atomic mass is 16.7. The maximum absolute atomic E-state index is 12.2. The molecule has 1 aromatic heterocycles. The van der Waals surface area contributed by atoms with Crippen molar-refractivity contribution in [3.8, 4) is 11.5 Å². The maximum Gasteiger partial charge on any atom is 0.234 e. The molecule has 8 nitrogen and oxygen atoms in total. The number of hydrogen-bond acceptors (Lipinski definition) is 7. The van der Waals surface area contributed by atoms with E-state index in [0.717, 1.165) is 49.1 Å². The minimum Gasteiger partial charge on any atom is -0.454 e. The molecule has 1 amide bonds. The molecule has 0 bridgehead atoms. The van der Waals surface area contributed by atoms with E-state index in [1.807, 2.05) is 18.2 Å². The minimum atomic E-state index is 0.0237. The lowest BCUT2D eigenvalue weighted by Gasteiger charge is -2.34. The van der Waals surface area contributed by atoms with Crippen molar-refractivity contribution in [2.75, 3.05) is 44.4 Å². The van der Waals surface area contributed by atoms with Crippen LogP contribution in [0.25, 0.3) is 0 Å². The molecule has 1 aromatic carbocycles. The molecular weight excluding hydrogens is 334 g/mol. The number of fused-ring (bicyclic) bond motifs is 1. The van der Waals surface area contributed by atoms with Crippen LogP contribution in [0.4, 0.5) is 5.82 Å². The molecule has 0 radical (unpaired) electrons. The first-order valence-electron chi connectivity index (χ1n) is 8.66. The normalized spacial score (nSPS) is 16.5. The average molecular weight is 355 g/mol. The second-order valence-electron chi connectivity index (χ2n) is 6.29. The molecule has 0 saturated carbocycles. The van der Waals surface area contributed by atoms with E-state index < -0.39 is 0 Å². The third-order valence-corrected chi connectivity index (χ3v) is 4.54. The summed E-state index contributed by atoms with van der Waals surface area (Å²) < 4.78 is 10.6. The zero-order valence-electron chi connectivity index (χ0n) is 14.4. The Morgan fingerprint density at radius 3 is 2.77 bits per heavy atom. The van der Waals surface area contributed by atoms with Gasteiger partial charge in [0.25, 0.3) is 0 Å². The molecule has 0 spiro atoms. The van der Waals surface area contributed by atoms with E-state index in [1.54, 1.807) is 18.6 Å². The lowest BCUT2D eigenvalue weighted by molar-refractivity contribution is -0.122. The summed E-state index contributed by atoms with van der Waals surface area (Å²) in [6.45, 7) is 4.48. The minimum absolute atomic E-state index is 0.0237. The molecule has 3 heterocycles. The predicted octanol–water partition coefficient (Wildman–Crippen LogP) is 0.644. The Morgan fingerprint density at radius 1 is 1.12 bits per heavy atom. The smallest absolute Gasteiger partial charge is 0.234 e. The Hall–Kier alpha value is -2.87. The molecule has 2 aliphatic heterocycles. The van der Waals surface area contributed by atoms with Gasteiger partial charge in [-0.05, 0) is 17.7 Å². The van der Waals surface area contributed by atoms with Crippen LogP contribution < -0.4 is 19.7 Å². The van der Waals surface area contributed by atoms with Gasteiger partial charge in [0.1, 0.15) is 5.82 Å². The number of anilines is 1. The van der Waals surface area contributed by atoms with E-state index >= 15 is 0 Å². The lowest BCUT2D eigenvalue weighted by atomic mass is 10.2. The van der Waals surface area contributed by atoms with Gasteiger partial charge in [0.2, 0.25) is 12.7 Å². The summed E-state index contributed by atoms with van der Waals surface area (Å²) in [5, 5.41) is 2.97. The van der Waals surface area contributed by atoms with Crippen molar-refractivity contribution in [1.29, 1.82) is 0 Å². The molecule has 1 fully saturated rings. The number of benzene rings is 1. The van der Waals surface area contributed by atoms with Gasteiger partial charge in [-0.2, -0.15) is 0 Å². The highest BCUT2D eigenvalue weighted by Gasteiger charge is 2.20. The average Bonchev–Trinajstić information content (AvgIpc) is 3.15. The number of rotatable bonds is 5. The van der Waals surface area contributed by atoms with Gasteiger partial charge in [-0.1, -0.05) is 6.07 Å². The standard InChI is InChI=1S/C18H21N5O3/c24-18(21-10-14-1-2-15-16(9-14)26-13-25-15)12-22-5-7-23(8-6-22)17-11-19-3-4-20-17/h1-4,9,11H,5-8,10,12-13H2,(H,21,24). The summed E-state index contributed by atoms with van der Waals surface area (Å²) in [5.74, 6) is 2.40. The molecule has 0 unspecified atom stereocenters. The van der Waals surface area contributed by atoms with Crippen LogP contribution in [-0.4, -0.2) is 60.3 Å². The third-order valence-electron chi connectivity index (χ3n) is 4.54. The summed E-state index contributed by atoms with van der Waals surface area (Å²) in [6.07, 6.45) is 5.14. The van der Waals surface area contributed by atoms with Crippen LogP contribution in [0.2, 0.25) is 0 Å². The molecule has 4 rings (SSSR count). The second kappa shape index (κ2) is 7.57. The topological polar surface area (TPSA) is 79.8 Å². The van der Waals surface area contributed by atoms with Crippen LogP contribution in [0.1, 0.15) is 5.56 Å². The summed E-state index contributed by atoms with van der Waals surface area (Å²) in [5.41, 5.74) is 0.995. The van der Waals surface area contributed by atoms with E-state index in [4.69, 9.17) is 9.47 Å². The fourth-order valence-electron chi connectivity index (χ4n) is 3.10. The number of aromatic nitrogens is 2. The van der Waals surface area contributed by atoms with Crippen molar-refractivity contribution in [2.24, 2.45) is 0 Å². The molecule has 26 heavy (non-hydrogen) atoms. The number of nitrogens with one attached hydrogen (secondary N) is 1. The van der Waals surface area contributed by atoms with Gasteiger partial charge < -0.3 is 19.7 Å². The van der Waals surface area contributed by atoms with Gasteiger partial charge in [0.05, 0.1) is 12.7 Å². The monoisotopic (exact) mass is 355 g/mol. The number of amides is 1. The van der Waals surface area contributed by atoms with Crippen molar-refractivity contribution in [3.63, 3.8) is 0 Å². The second-order valence-corrected chi connectivity index (χ2v) is 6.29. The summed E-state index contributed by atoms with van der Waals surface area (Å²) in [6, 6.07) is 5.71. The van der Waals surface area contributed by atoms with Crippen molar-refractivity contribution in [2.45, 2.75) is 6.54 Å². The van der Waals surface area contributed by atoms with E-state index in [1.165, 1.54) is 0 Å². The Balaban J connectivity index is 1.22.